The lowest BCUT2D eigenvalue weighted by Crippen LogP contribution is -2.31. The number of rotatable bonds is 5. The molecule has 0 aliphatic rings. The molecule has 3 N–H and O–H groups in total. The van der Waals surface area contributed by atoms with Crippen molar-refractivity contribution in [3.8, 4) is 11.5 Å². The molecule has 0 aliphatic carbocycles. The van der Waals surface area contributed by atoms with Gasteiger partial charge in [-0.25, -0.2) is 0 Å². The van der Waals surface area contributed by atoms with Gasteiger partial charge in [0.1, 0.15) is 11.5 Å². The van der Waals surface area contributed by atoms with E-state index < -0.39 is 0 Å². The minimum absolute atomic E-state index is 0.0989. The van der Waals surface area contributed by atoms with E-state index in [2.05, 4.69) is 0 Å². The molecular formula is C16H18N2O3. The summed E-state index contributed by atoms with van der Waals surface area (Å²) in [6, 6.07) is 13.9. The Morgan fingerprint density at radius 3 is 2.57 bits per heavy atom. The number of likely N-dealkylation sites (N-methyl/N-ethyl adjacent to an activating group) is 1. The number of phenolic OH excluding ortho intramolecular Hbond substituents is 1. The molecule has 0 saturated carbocycles. The van der Waals surface area contributed by atoms with Crippen LogP contribution in [0.2, 0.25) is 0 Å². The number of hydrogen-bond donors (Lipinski definition) is 2. The lowest BCUT2D eigenvalue weighted by molar-refractivity contribution is -0.132. The fourth-order valence-electron chi connectivity index (χ4n) is 1.85. The number of para-hydroxylation sites is 3. The molecule has 0 fully saturated rings. The van der Waals surface area contributed by atoms with Crippen LogP contribution < -0.4 is 10.5 Å². The highest BCUT2D eigenvalue weighted by Gasteiger charge is 2.12. The van der Waals surface area contributed by atoms with Gasteiger partial charge in [-0.1, -0.05) is 30.3 Å². The number of phenols is 1. The van der Waals surface area contributed by atoms with Gasteiger partial charge in [0.2, 0.25) is 0 Å². The Labute approximate surface area is 123 Å². The Morgan fingerprint density at radius 2 is 1.86 bits per heavy atom. The average molecular weight is 286 g/mol. The third-order valence-corrected chi connectivity index (χ3v) is 3.10. The van der Waals surface area contributed by atoms with Crippen LogP contribution in [0.3, 0.4) is 0 Å². The Bertz CT molecular complexity index is 628. The number of anilines is 1. The average Bonchev–Trinajstić information content (AvgIpc) is 2.48. The number of nitrogen functional groups attached to an aromatic ring is 1. The summed E-state index contributed by atoms with van der Waals surface area (Å²) < 4.78 is 5.41. The van der Waals surface area contributed by atoms with Crippen LogP contribution in [0.4, 0.5) is 5.69 Å². The molecule has 1 amide bonds. The van der Waals surface area contributed by atoms with E-state index in [-0.39, 0.29) is 18.3 Å². The van der Waals surface area contributed by atoms with Crippen molar-refractivity contribution >= 4 is 11.6 Å². The summed E-state index contributed by atoms with van der Waals surface area (Å²) in [4.78, 5) is 13.5. The maximum absolute atomic E-state index is 12.0. The van der Waals surface area contributed by atoms with Gasteiger partial charge in [0.25, 0.3) is 5.91 Å². The topological polar surface area (TPSA) is 75.8 Å². The van der Waals surface area contributed by atoms with Gasteiger partial charge in [0, 0.05) is 19.2 Å². The predicted octanol–water partition coefficient (Wildman–Crippen LogP) is 2.01. The highest BCUT2D eigenvalue weighted by atomic mass is 16.5. The lowest BCUT2D eigenvalue weighted by Gasteiger charge is -2.18. The van der Waals surface area contributed by atoms with Crippen LogP contribution in [0.25, 0.3) is 0 Å². The number of carbonyl (C=O) groups is 1. The van der Waals surface area contributed by atoms with Gasteiger partial charge in [-0.05, 0) is 18.2 Å². The number of benzene rings is 2. The van der Waals surface area contributed by atoms with Crippen LogP contribution in [0.1, 0.15) is 5.56 Å². The van der Waals surface area contributed by atoms with E-state index >= 15 is 0 Å². The van der Waals surface area contributed by atoms with Crippen molar-refractivity contribution in [2.24, 2.45) is 0 Å². The monoisotopic (exact) mass is 286 g/mol. The molecule has 110 valence electrons. The van der Waals surface area contributed by atoms with E-state index in [0.29, 0.717) is 23.5 Å². The Morgan fingerprint density at radius 1 is 1.19 bits per heavy atom. The Balaban J connectivity index is 1.91. The molecule has 5 nitrogen and oxygen atoms in total. The minimum Gasteiger partial charge on any atom is -0.508 e. The Kier molecular flexibility index (Phi) is 4.66. The van der Waals surface area contributed by atoms with Crippen molar-refractivity contribution in [2.75, 3.05) is 19.4 Å². The lowest BCUT2D eigenvalue weighted by atomic mass is 10.2. The van der Waals surface area contributed by atoms with Gasteiger partial charge in [0.05, 0.1) is 5.69 Å². The third kappa shape index (κ3) is 3.89. The van der Waals surface area contributed by atoms with Crippen molar-refractivity contribution in [3.05, 3.63) is 54.1 Å². The summed E-state index contributed by atoms with van der Waals surface area (Å²) in [5.41, 5.74) is 6.93. The molecule has 2 aromatic carbocycles. The molecule has 0 radical (unpaired) electrons. The van der Waals surface area contributed by atoms with Gasteiger partial charge in [-0.2, -0.15) is 0 Å². The fraction of sp³-hybridized carbons (Fsp3) is 0.188. The summed E-state index contributed by atoms with van der Waals surface area (Å²) in [7, 11) is 1.66. The van der Waals surface area contributed by atoms with E-state index in [1.807, 2.05) is 6.07 Å². The summed E-state index contributed by atoms with van der Waals surface area (Å²) in [5.74, 6) is 0.466. The summed E-state index contributed by atoms with van der Waals surface area (Å²) in [6.45, 7) is 0.220. The second kappa shape index (κ2) is 6.65. The maximum Gasteiger partial charge on any atom is 0.260 e. The van der Waals surface area contributed by atoms with E-state index in [0.717, 1.165) is 0 Å². The first kappa shape index (κ1) is 14.7. The zero-order valence-corrected chi connectivity index (χ0v) is 11.8. The standard InChI is InChI=1S/C16H18N2O3/c1-18(10-12-6-2-4-8-14(12)19)16(20)11-21-15-9-5-3-7-13(15)17/h2-9,19H,10-11,17H2,1H3. The van der Waals surface area contributed by atoms with Crippen molar-refractivity contribution < 1.29 is 14.6 Å². The number of carbonyl (C=O) groups excluding carboxylic acids is 1. The van der Waals surface area contributed by atoms with Crippen LogP contribution in [-0.4, -0.2) is 29.6 Å². The van der Waals surface area contributed by atoms with Crippen LogP contribution >= 0.6 is 0 Å². The van der Waals surface area contributed by atoms with Gasteiger partial charge >= 0.3 is 0 Å². The number of nitrogens with zero attached hydrogens (tertiary/aromatic N) is 1. The van der Waals surface area contributed by atoms with Gasteiger partial charge in [0.15, 0.2) is 6.61 Å². The molecule has 0 atom stereocenters. The predicted molar refractivity (Wildman–Crippen MR) is 80.9 cm³/mol. The zero-order chi connectivity index (χ0) is 15.2. The number of nitrogens with two attached hydrogens (primary N) is 1. The second-order valence-corrected chi connectivity index (χ2v) is 4.71. The molecule has 5 heteroatoms. The SMILES string of the molecule is CN(Cc1ccccc1O)C(=O)COc1ccccc1N. The Hall–Kier alpha value is -2.69. The summed E-state index contributed by atoms with van der Waals surface area (Å²) in [6.07, 6.45) is 0. The number of amides is 1. The van der Waals surface area contributed by atoms with Gasteiger partial charge < -0.3 is 20.5 Å². The van der Waals surface area contributed by atoms with E-state index in [4.69, 9.17) is 10.5 Å². The first-order valence-electron chi connectivity index (χ1n) is 6.56. The quantitative estimate of drug-likeness (QED) is 0.824. The molecule has 0 aromatic heterocycles. The van der Waals surface area contributed by atoms with Crippen LogP contribution in [-0.2, 0) is 11.3 Å². The van der Waals surface area contributed by atoms with Crippen molar-refractivity contribution in [2.45, 2.75) is 6.54 Å². The third-order valence-electron chi connectivity index (χ3n) is 3.10. The van der Waals surface area contributed by atoms with Crippen LogP contribution in [0.5, 0.6) is 11.5 Å². The summed E-state index contributed by atoms with van der Waals surface area (Å²) in [5, 5.41) is 9.70. The molecule has 2 rings (SSSR count). The van der Waals surface area contributed by atoms with Crippen LogP contribution in [0.15, 0.2) is 48.5 Å². The molecular weight excluding hydrogens is 268 g/mol. The molecule has 21 heavy (non-hydrogen) atoms. The van der Waals surface area contributed by atoms with E-state index in [9.17, 15) is 9.90 Å². The smallest absolute Gasteiger partial charge is 0.260 e. The maximum atomic E-state index is 12.0. The first-order valence-corrected chi connectivity index (χ1v) is 6.56. The molecule has 0 saturated heterocycles. The first-order chi connectivity index (χ1) is 10.1. The number of hydrogen-bond acceptors (Lipinski definition) is 4. The largest absolute Gasteiger partial charge is 0.508 e. The van der Waals surface area contributed by atoms with Crippen LogP contribution in [0, 0.1) is 0 Å². The fourth-order valence-corrected chi connectivity index (χ4v) is 1.85. The highest BCUT2D eigenvalue weighted by molar-refractivity contribution is 5.77. The van der Waals surface area contributed by atoms with Crippen molar-refractivity contribution in [1.29, 1.82) is 0 Å². The highest BCUT2D eigenvalue weighted by Crippen LogP contribution is 2.20. The molecule has 2 aromatic rings. The molecule has 0 bridgehead atoms. The minimum atomic E-state index is -0.193. The molecule has 0 spiro atoms. The summed E-state index contributed by atoms with van der Waals surface area (Å²) >= 11 is 0. The van der Waals surface area contributed by atoms with Crippen molar-refractivity contribution in [3.63, 3.8) is 0 Å². The van der Waals surface area contributed by atoms with E-state index in [1.165, 1.54) is 4.90 Å². The van der Waals surface area contributed by atoms with E-state index in [1.54, 1.807) is 49.5 Å². The normalized spacial score (nSPS) is 10.1. The number of ether oxygens (including phenoxy) is 1. The van der Waals surface area contributed by atoms with Crippen molar-refractivity contribution in [1.82, 2.24) is 4.90 Å². The second-order valence-electron chi connectivity index (χ2n) is 4.71. The van der Waals surface area contributed by atoms with Gasteiger partial charge in [-0.3, -0.25) is 4.79 Å². The zero-order valence-electron chi connectivity index (χ0n) is 11.8. The molecule has 0 heterocycles. The van der Waals surface area contributed by atoms with Gasteiger partial charge in [-0.15, -0.1) is 0 Å². The molecule has 0 aliphatic heterocycles. The molecule has 0 unspecified atom stereocenters. The number of aromatic hydroxyl groups is 1.